The average Bonchev–Trinajstić information content (AvgIpc) is 2.59. The van der Waals surface area contributed by atoms with Gasteiger partial charge in [0.15, 0.2) is 5.78 Å². The van der Waals surface area contributed by atoms with Crippen LogP contribution in [0.25, 0.3) is 0 Å². The van der Waals surface area contributed by atoms with E-state index in [0.29, 0.717) is 5.56 Å². The van der Waals surface area contributed by atoms with Crippen LogP contribution in [0.3, 0.4) is 0 Å². The molecule has 3 rings (SSSR count). The van der Waals surface area contributed by atoms with E-state index in [1.165, 1.54) is 10.5 Å². The van der Waals surface area contributed by atoms with Crippen LogP contribution in [0.2, 0.25) is 0 Å². The highest BCUT2D eigenvalue weighted by Gasteiger charge is 2.02. The fourth-order valence-corrected chi connectivity index (χ4v) is 3.03. The van der Waals surface area contributed by atoms with Gasteiger partial charge in [0, 0.05) is 15.4 Å². The van der Waals surface area contributed by atoms with Gasteiger partial charge in [-0.05, 0) is 74.5 Å². The number of ether oxygens (including phenoxy) is 1. The van der Waals surface area contributed by atoms with E-state index in [1.807, 2.05) is 36.4 Å². The Kier molecular flexibility index (Phi) is 5.02. The number of benzene rings is 3. The van der Waals surface area contributed by atoms with Gasteiger partial charge in [-0.25, -0.2) is 0 Å². The van der Waals surface area contributed by atoms with Crippen LogP contribution in [0.15, 0.2) is 82.6 Å². The lowest BCUT2D eigenvalue weighted by molar-refractivity contribution is 0.101. The zero-order valence-electron chi connectivity index (χ0n) is 13.7. The lowest BCUT2D eigenvalue weighted by Crippen LogP contribution is -1.91. The molecule has 0 bridgehead atoms. The second kappa shape index (κ2) is 7.37. The van der Waals surface area contributed by atoms with Crippen molar-refractivity contribution >= 4 is 17.5 Å². The minimum Gasteiger partial charge on any atom is -0.457 e. The molecule has 3 aromatic rings. The lowest BCUT2D eigenvalue weighted by atomic mass is 10.1. The van der Waals surface area contributed by atoms with Gasteiger partial charge in [0.25, 0.3) is 0 Å². The molecule has 0 saturated carbocycles. The van der Waals surface area contributed by atoms with Crippen molar-refractivity contribution in [3.8, 4) is 11.5 Å². The van der Waals surface area contributed by atoms with E-state index >= 15 is 0 Å². The Morgan fingerprint density at radius 1 is 0.750 bits per heavy atom. The van der Waals surface area contributed by atoms with Gasteiger partial charge in [0.2, 0.25) is 0 Å². The van der Waals surface area contributed by atoms with E-state index < -0.39 is 0 Å². The van der Waals surface area contributed by atoms with Crippen molar-refractivity contribution in [2.24, 2.45) is 0 Å². The SMILES string of the molecule is CC(=O)c1ccc(Oc2ccc(Sc3ccc(C)cc3)cc2)cc1. The van der Waals surface area contributed by atoms with Crippen molar-refractivity contribution in [3.63, 3.8) is 0 Å². The van der Waals surface area contributed by atoms with E-state index in [2.05, 4.69) is 31.2 Å². The largest absolute Gasteiger partial charge is 0.457 e. The molecule has 0 aliphatic rings. The Balaban J connectivity index is 1.65. The minimum absolute atomic E-state index is 0.0547. The summed E-state index contributed by atoms with van der Waals surface area (Å²) in [6.07, 6.45) is 0. The number of rotatable bonds is 5. The van der Waals surface area contributed by atoms with Gasteiger partial charge in [-0.1, -0.05) is 29.5 Å². The second-order valence-electron chi connectivity index (χ2n) is 5.57. The maximum atomic E-state index is 11.3. The maximum Gasteiger partial charge on any atom is 0.159 e. The Labute approximate surface area is 146 Å². The first-order valence-corrected chi connectivity index (χ1v) is 8.55. The molecular weight excluding hydrogens is 316 g/mol. The molecule has 0 aliphatic heterocycles. The smallest absolute Gasteiger partial charge is 0.159 e. The van der Waals surface area contributed by atoms with Crippen LogP contribution >= 0.6 is 11.8 Å². The van der Waals surface area contributed by atoms with Gasteiger partial charge in [0.1, 0.15) is 11.5 Å². The Hall–Kier alpha value is -2.52. The van der Waals surface area contributed by atoms with E-state index in [0.717, 1.165) is 16.4 Å². The molecule has 0 spiro atoms. The van der Waals surface area contributed by atoms with Crippen LogP contribution in [0.4, 0.5) is 0 Å². The number of aryl methyl sites for hydroxylation is 1. The normalized spacial score (nSPS) is 10.4. The van der Waals surface area contributed by atoms with E-state index in [1.54, 1.807) is 30.8 Å². The number of ketones is 1. The molecule has 0 saturated heterocycles. The third kappa shape index (κ3) is 4.27. The van der Waals surface area contributed by atoms with Crippen molar-refractivity contribution in [2.45, 2.75) is 23.6 Å². The molecule has 0 fully saturated rings. The molecule has 0 heterocycles. The van der Waals surface area contributed by atoms with Crippen molar-refractivity contribution < 1.29 is 9.53 Å². The number of hydrogen-bond acceptors (Lipinski definition) is 3. The van der Waals surface area contributed by atoms with Crippen LogP contribution in [0, 0.1) is 6.92 Å². The second-order valence-corrected chi connectivity index (χ2v) is 6.72. The molecule has 120 valence electrons. The number of carbonyl (C=O) groups is 1. The molecule has 0 unspecified atom stereocenters. The van der Waals surface area contributed by atoms with Crippen LogP contribution in [0.1, 0.15) is 22.8 Å². The molecule has 0 amide bonds. The summed E-state index contributed by atoms with van der Waals surface area (Å²) in [7, 11) is 0. The highest BCUT2D eigenvalue weighted by molar-refractivity contribution is 7.99. The first-order chi connectivity index (χ1) is 11.6. The fraction of sp³-hybridized carbons (Fsp3) is 0.0952. The average molecular weight is 334 g/mol. The summed E-state index contributed by atoms with van der Waals surface area (Å²) in [6, 6.07) is 23.7. The highest BCUT2D eigenvalue weighted by atomic mass is 32.2. The van der Waals surface area contributed by atoms with Gasteiger partial charge in [-0.2, -0.15) is 0 Å². The molecule has 0 N–H and O–H groups in total. The van der Waals surface area contributed by atoms with Gasteiger partial charge >= 0.3 is 0 Å². The third-order valence-electron chi connectivity index (χ3n) is 3.58. The molecule has 0 aromatic heterocycles. The Morgan fingerprint density at radius 2 is 1.21 bits per heavy atom. The van der Waals surface area contributed by atoms with Gasteiger partial charge < -0.3 is 4.74 Å². The summed E-state index contributed by atoms with van der Waals surface area (Å²) in [5, 5.41) is 0. The lowest BCUT2D eigenvalue weighted by Gasteiger charge is -2.07. The molecule has 2 nitrogen and oxygen atoms in total. The monoisotopic (exact) mass is 334 g/mol. The zero-order chi connectivity index (χ0) is 16.9. The zero-order valence-corrected chi connectivity index (χ0v) is 14.5. The fourth-order valence-electron chi connectivity index (χ4n) is 2.21. The van der Waals surface area contributed by atoms with Crippen molar-refractivity contribution in [1.29, 1.82) is 0 Å². The predicted octanol–water partition coefficient (Wildman–Crippen LogP) is 6.14. The van der Waals surface area contributed by atoms with Crippen molar-refractivity contribution in [1.82, 2.24) is 0 Å². The molecule has 3 heteroatoms. The molecule has 0 radical (unpaired) electrons. The summed E-state index contributed by atoms with van der Waals surface area (Å²) in [6.45, 7) is 3.64. The van der Waals surface area contributed by atoms with Gasteiger partial charge in [0.05, 0.1) is 0 Å². The summed E-state index contributed by atoms with van der Waals surface area (Å²) in [4.78, 5) is 13.7. The first kappa shape index (κ1) is 16.3. The van der Waals surface area contributed by atoms with E-state index in [4.69, 9.17) is 4.74 Å². The highest BCUT2D eigenvalue weighted by Crippen LogP contribution is 2.30. The quantitative estimate of drug-likeness (QED) is 0.524. The summed E-state index contributed by atoms with van der Waals surface area (Å²) < 4.78 is 5.81. The summed E-state index contributed by atoms with van der Waals surface area (Å²) >= 11 is 1.72. The number of hydrogen-bond donors (Lipinski definition) is 0. The molecule has 0 aliphatic carbocycles. The van der Waals surface area contributed by atoms with Gasteiger partial charge in [-0.3, -0.25) is 4.79 Å². The van der Waals surface area contributed by atoms with E-state index in [-0.39, 0.29) is 5.78 Å². The minimum atomic E-state index is 0.0547. The molecule has 3 aromatic carbocycles. The first-order valence-electron chi connectivity index (χ1n) is 7.73. The summed E-state index contributed by atoms with van der Waals surface area (Å²) in [5.41, 5.74) is 1.95. The van der Waals surface area contributed by atoms with Crippen LogP contribution in [-0.2, 0) is 0 Å². The van der Waals surface area contributed by atoms with Gasteiger partial charge in [-0.15, -0.1) is 0 Å². The molecule has 24 heavy (non-hydrogen) atoms. The van der Waals surface area contributed by atoms with Crippen molar-refractivity contribution in [2.75, 3.05) is 0 Å². The molecule has 0 atom stereocenters. The Morgan fingerprint density at radius 3 is 1.71 bits per heavy atom. The van der Waals surface area contributed by atoms with Crippen LogP contribution in [0.5, 0.6) is 11.5 Å². The van der Waals surface area contributed by atoms with Crippen LogP contribution < -0.4 is 4.74 Å². The summed E-state index contributed by atoms with van der Waals surface area (Å²) in [5.74, 6) is 1.55. The maximum absolute atomic E-state index is 11.3. The predicted molar refractivity (Wildman–Crippen MR) is 98.3 cm³/mol. The van der Waals surface area contributed by atoms with Crippen LogP contribution in [-0.4, -0.2) is 5.78 Å². The third-order valence-corrected chi connectivity index (χ3v) is 4.59. The number of Topliss-reactive ketones (excluding diaryl/α,β-unsaturated/α-hetero) is 1. The standard InChI is InChI=1S/C21H18O2S/c1-15-3-11-20(12-4-15)24-21-13-9-19(10-14-21)23-18-7-5-17(6-8-18)16(2)22/h3-14H,1-2H3. The number of carbonyl (C=O) groups excluding carboxylic acids is 1. The van der Waals surface area contributed by atoms with Crippen molar-refractivity contribution in [3.05, 3.63) is 83.9 Å². The molecular formula is C21H18O2S. The Bertz CT molecular complexity index is 819. The topological polar surface area (TPSA) is 26.3 Å². The van der Waals surface area contributed by atoms with E-state index in [9.17, 15) is 4.79 Å².